The van der Waals surface area contributed by atoms with Crippen LogP contribution in [0, 0.1) is 5.82 Å². The summed E-state index contributed by atoms with van der Waals surface area (Å²) in [5, 5.41) is 0.942. The first-order chi connectivity index (χ1) is 14.5. The van der Waals surface area contributed by atoms with Crippen LogP contribution >= 0.6 is 0 Å². The van der Waals surface area contributed by atoms with E-state index in [-0.39, 0.29) is 37.9 Å². The topological polar surface area (TPSA) is 97.7 Å². The van der Waals surface area contributed by atoms with Gasteiger partial charge in [-0.3, -0.25) is 9.59 Å². The maximum atomic E-state index is 13.2. The number of carbonyl (C=O) groups excluding carboxylic acids is 2. The van der Waals surface area contributed by atoms with E-state index in [4.69, 9.17) is 15.2 Å². The molecule has 0 bridgehead atoms. The summed E-state index contributed by atoms with van der Waals surface area (Å²) in [6.45, 7) is 0.768. The number of morpholine rings is 1. The Morgan fingerprint density at radius 1 is 1.20 bits per heavy atom. The molecule has 7 nitrogen and oxygen atoms in total. The molecule has 0 aliphatic carbocycles. The molecule has 1 fully saturated rings. The Kier molecular flexibility index (Phi) is 5.41. The van der Waals surface area contributed by atoms with Gasteiger partial charge in [0.2, 0.25) is 5.91 Å². The average Bonchev–Trinajstić information content (AvgIpc) is 3.21. The van der Waals surface area contributed by atoms with Gasteiger partial charge in [-0.05, 0) is 36.4 Å². The van der Waals surface area contributed by atoms with Gasteiger partial charge in [-0.2, -0.15) is 0 Å². The summed E-state index contributed by atoms with van der Waals surface area (Å²) in [4.78, 5) is 29.7. The van der Waals surface area contributed by atoms with Gasteiger partial charge in [0.05, 0.1) is 30.7 Å². The van der Waals surface area contributed by atoms with Crippen LogP contribution in [0.15, 0.2) is 54.7 Å². The second-order valence-electron chi connectivity index (χ2n) is 7.39. The number of nitrogens with one attached hydrogen (secondary N) is 1. The second-order valence-corrected chi connectivity index (χ2v) is 7.39. The van der Waals surface area contributed by atoms with Crippen molar-refractivity contribution < 1.29 is 23.5 Å². The van der Waals surface area contributed by atoms with Crippen LogP contribution in [-0.4, -0.2) is 53.6 Å². The van der Waals surface area contributed by atoms with Gasteiger partial charge in [0.25, 0.3) is 5.91 Å². The molecule has 8 heteroatoms. The molecule has 2 amide bonds. The highest BCUT2D eigenvalue weighted by atomic mass is 19.1. The number of rotatable bonds is 6. The number of para-hydroxylation sites is 1. The van der Waals surface area contributed by atoms with Gasteiger partial charge >= 0.3 is 0 Å². The summed E-state index contributed by atoms with van der Waals surface area (Å²) in [5.74, 6) is -0.665. The largest absolute Gasteiger partial charge is 0.490 e. The standard InChI is InChI=1S/C22H22FN3O4/c23-16-4-6-17(7-5-16)29-14-22(12-19(24)27)13-26(10-11-30-22)21(28)18-3-1-2-15-8-9-25-20(15)18/h1-9,25H,10-14H2,(H2,24,27)/t22-/m1/s1. The minimum atomic E-state index is -1.09. The van der Waals surface area contributed by atoms with E-state index in [1.54, 1.807) is 17.2 Å². The Bertz CT molecular complexity index is 1070. The van der Waals surface area contributed by atoms with Crippen LogP contribution in [-0.2, 0) is 9.53 Å². The third-order valence-corrected chi connectivity index (χ3v) is 5.17. The van der Waals surface area contributed by atoms with Gasteiger partial charge in [-0.1, -0.05) is 12.1 Å². The molecule has 1 aliphatic heterocycles. The zero-order valence-corrected chi connectivity index (χ0v) is 16.3. The molecule has 1 atom stereocenters. The summed E-state index contributed by atoms with van der Waals surface area (Å²) in [6.07, 6.45) is 1.68. The predicted octanol–water partition coefficient (Wildman–Crippen LogP) is 2.47. The van der Waals surface area contributed by atoms with Crippen LogP contribution in [0.5, 0.6) is 5.75 Å². The fourth-order valence-electron chi connectivity index (χ4n) is 3.76. The van der Waals surface area contributed by atoms with Gasteiger partial charge in [-0.15, -0.1) is 0 Å². The van der Waals surface area contributed by atoms with Crippen molar-refractivity contribution in [1.82, 2.24) is 9.88 Å². The number of benzene rings is 2. The van der Waals surface area contributed by atoms with Crippen LogP contribution in [0.25, 0.3) is 10.9 Å². The number of halogens is 1. The molecule has 30 heavy (non-hydrogen) atoms. The Morgan fingerprint density at radius 2 is 2.00 bits per heavy atom. The first-order valence-corrected chi connectivity index (χ1v) is 9.62. The zero-order valence-electron chi connectivity index (χ0n) is 16.3. The van der Waals surface area contributed by atoms with E-state index < -0.39 is 11.5 Å². The lowest BCUT2D eigenvalue weighted by Crippen LogP contribution is -2.58. The number of aromatic nitrogens is 1. The number of carbonyl (C=O) groups is 2. The number of nitrogens with zero attached hydrogens (tertiary/aromatic N) is 1. The molecule has 1 aromatic heterocycles. The van der Waals surface area contributed by atoms with Crippen molar-refractivity contribution >= 4 is 22.7 Å². The number of hydrogen-bond acceptors (Lipinski definition) is 4. The van der Waals surface area contributed by atoms with E-state index in [0.29, 0.717) is 17.9 Å². The molecule has 0 saturated carbocycles. The van der Waals surface area contributed by atoms with Gasteiger partial charge in [0.1, 0.15) is 23.8 Å². The molecule has 4 rings (SSSR count). The van der Waals surface area contributed by atoms with Crippen LogP contribution in [0.1, 0.15) is 16.8 Å². The molecule has 2 aromatic carbocycles. The van der Waals surface area contributed by atoms with E-state index in [9.17, 15) is 14.0 Å². The van der Waals surface area contributed by atoms with E-state index in [1.165, 1.54) is 24.3 Å². The van der Waals surface area contributed by atoms with Crippen molar-refractivity contribution in [2.24, 2.45) is 5.73 Å². The number of ether oxygens (including phenoxy) is 2. The zero-order chi connectivity index (χ0) is 21.1. The van der Waals surface area contributed by atoms with Gasteiger partial charge < -0.3 is 25.1 Å². The van der Waals surface area contributed by atoms with E-state index in [0.717, 1.165) is 10.9 Å². The SMILES string of the molecule is NC(=O)C[C@]1(COc2ccc(F)cc2)CN(C(=O)c2cccc3cc[nH]c23)CCO1. The highest BCUT2D eigenvalue weighted by Gasteiger charge is 2.41. The van der Waals surface area contributed by atoms with Crippen LogP contribution in [0.2, 0.25) is 0 Å². The Morgan fingerprint density at radius 3 is 2.77 bits per heavy atom. The molecular weight excluding hydrogens is 389 g/mol. The number of amides is 2. The summed E-state index contributed by atoms with van der Waals surface area (Å²) in [7, 11) is 0. The van der Waals surface area contributed by atoms with Gasteiger partial charge in [0, 0.05) is 18.1 Å². The molecule has 1 aliphatic rings. The third-order valence-electron chi connectivity index (χ3n) is 5.17. The third kappa shape index (κ3) is 4.13. The minimum Gasteiger partial charge on any atom is -0.490 e. The molecule has 0 unspecified atom stereocenters. The summed E-state index contributed by atoms with van der Waals surface area (Å²) in [6, 6.07) is 13.0. The Hall–Kier alpha value is -3.39. The van der Waals surface area contributed by atoms with Crippen molar-refractivity contribution in [2.75, 3.05) is 26.3 Å². The van der Waals surface area contributed by atoms with Crippen LogP contribution in [0.4, 0.5) is 4.39 Å². The highest BCUT2D eigenvalue weighted by molar-refractivity contribution is 6.05. The highest BCUT2D eigenvalue weighted by Crippen LogP contribution is 2.27. The Labute approximate surface area is 172 Å². The van der Waals surface area contributed by atoms with Crippen LogP contribution in [0.3, 0.4) is 0 Å². The fraction of sp³-hybridized carbons (Fsp3) is 0.273. The van der Waals surface area contributed by atoms with Crippen molar-refractivity contribution in [2.45, 2.75) is 12.0 Å². The van der Waals surface area contributed by atoms with E-state index in [1.807, 2.05) is 18.2 Å². The second kappa shape index (κ2) is 8.16. The molecule has 0 spiro atoms. The van der Waals surface area contributed by atoms with Crippen molar-refractivity contribution in [3.8, 4) is 5.75 Å². The molecule has 3 N–H and O–H groups in total. The smallest absolute Gasteiger partial charge is 0.256 e. The number of H-pyrrole nitrogens is 1. The molecule has 3 aromatic rings. The molecule has 1 saturated heterocycles. The Balaban J connectivity index is 1.55. The quantitative estimate of drug-likeness (QED) is 0.651. The van der Waals surface area contributed by atoms with Gasteiger partial charge in [-0.25, -0.2) is 4.39 Å². The van der Waals surface area contributed by atoms with Crippen molar-refractivity contribution in [1.29, 1.82) is 0 Å². The van der Waals surface area contributed by atoms with E-state index in [2.05, 4.69) is 4.98 Å². The van der Waals surface area contributed by atoms with Crippen molar-refractivity contribution in [3.63, 3.8) is 0 Å². The lowest BCUT2D eigenvalue weighted by Gasteiger charge is -2.42. The monoisotopic (exact) mass is 411 g/mol. The molecule has 2 heterocycles. The maximum absolute atomic E-state index is 13.2. The predicted molar refractivity (Wildman–Crippen MR) is 109 cm³/mol. The summed E-state index contributed by atoms with van der Waals surface area (Å²) >= 11 is 0. The minimum absolute atomic E-state index is 0.00193. The van der Waals surface area contributed by atoms with Crippen LogP contribution < -0.4 is 10.5 Å². The van der Waals surface area contributed by atoms with Gasteiger partial charge in [0.15, 0.2) is 0 Å². The fourth-order valence-corrected chi connectivity index (χ4v) is 3.76. The lowest BCUT2D eigenvalue weighted by atomic mass is 9.96. The number of aromatic amines is 1. The lowest BCUT2D eigenvalue weighted by molar-refractivity contribution is -0.142. The molecular formula is C22H22FN3O4. The number of fused-ring (bicyclic) bond motifs is 1. The number of hydrogen-bond donors (Lipinski definition) is 2. The summed E-state index contributed by atoms with van der Waals surface area (Å²) in [5.41, 5.74) is 5.68. The average molecular weight is 411 g/mol. The molecule has 156 valence electrons. The maximum Gasteiger partial charge on any atom is 0.256 e. The summed E-state index contributed by atoms with van der Waals surface area (Å²) < 4.78 is 24.8. The normalized spacial score (nSPS) is 19.0. The first-order valence-electron chi connectivity index (χ1n) is 9.62. The van der Waals surface area contributed by atoms with E-state index >= 15 is 0 Å². The van der Waals surface area contributed by atoms with Crippen molar-refractivity contribution in [3.05, 3.63) is 66.1 Å². The molecule has 0 radical (unpaired) electrons. The number of primary amides is 1. The number of nitrogens with two attached hydrogens (primary N) is 1. The first kappa shape index (κ1) is 19.9.